The van der Waals surface area contributed by atoms with E-state index in [1.165, 1.54) is 6.07 Å². The van der Waals surface area contributed by atoms with Gasteiger partial charge in [0.05, 0.1) is 11.7 Å². The van der Waals surface area contributed by atoms with Crippen molar-refractivity contribution in [1.82, 2.24) is 10.2 Å². The first kappa shape index (κ1) is 14.3. The molecule has 1 N–H and O–H groups in total. The van der Waals surface area contributed by atoms with Crippen molar-refractivity contribution < 1.29 is 9.18 Å². The number of carbonyl (C=O) groups excluding carboxylic acids is 1. The van der Waals surface area contributed by atoms with Crippen molar-refractivity contribution in [3.63, 3.8) is 0 Å². The van der Waals surface area contributed by atoms with E-state index in [-0.39, 0.29) is 17.8 Å². The first-order valence-corrected chi connectivity index (χ1v) is 7.77. The summed E-state index contributed by atoms with van der Waals surface area (Å²) in [6.45, 7) is 3.96. The van der Waals surface area contributed by atoms with Crippen molar-refractivity contribution in [2.24, 2.45) is 0 Å². The average molecular weight is 291 g/mol. The standard InChI is InChI=1S/C16H22FN3O/c17-13-5-1-2-6-14(13)19-9-11-20(12-10-19)15-7-3-4-8-18-16(15)21/h1-2,5-6,15H,3-4,7-12H2,(H,18,21)/t15-/m0/s1. The predicted octanol–water partition coefficient (Wildman–Crippen LogP) is 1.62. The van der Waals surface area contributed by atoms with Crippen LogP contribution < -0.4 is 10.2 Å². The lowest BCUT2D eigenvalue weighted by atomic mass is 10.1. The highest BCUT2D eigenvalue weighted by molar-refractivity contribution is 5.82. The van der Waals surface area contributed by atoms with Gasteiger partial charge in [0.2, 0.25) is 5.91 Å². The zero-order valence-electron chi connectivity index (χ0n) is 12.2. The van der Waals surface area contributed by atoms with E-state index >= 15 is 0 Å². The molecule has 0 bridgehead atoms. The van der Waals surface area contributed by atoms with Crippen molar-refractivity contribution in [1.29, 1.82) is 0 Å². The summed E-state index contributed by atoms with van der Waals surface area (Å²) in [7, 11) is 0. The Morgan fingerprint density at radius 3 is 2.62 bits per heavy atom. The fraction of sp³-hybridized carbons (Fsp3) is 0.562. The van der Waals surface area contributed by atoms with Gasteiger partial charge in [0.25, 0.3) is 0 Å². The van der Waals surface area contributed by atoms with Crippen molar-refractivity contribution in [3.05, 3.63) is 30.1 Å². The summed E-state index contributed by atoms with van der Waals surface area (Å²) < 4.78 is 13.8. The summed E-state index contributed by atoms with van der Waals surface area (Å²) in [5.74, 6) is -0.00926. The third-order valence-corrected chi connectivity index (χ3v) is 4.45. The van der Waals surface area contributed by atoms with Crippen LogP contribution in [0.25, 0.3) is 0 Å². The van der Waals surface area contributed by atoms with Gasteiger partial charge in [-0.05, 0) is 31.4 Å². The van der Waals surface area contributed by atoms with Gasteiger partial charge in [0.1, 0.15) is 5.82 Å². The second-order valence-electron chi connectivity index (χ2n) is 5.78. The Morgan fingerprint density at radius 1 is 1.10 bits per heavy atom. The number of amides is 1. The van der Waals surface area contributed by atoms with Crippen LogP contribution in [0, 0.1) is 5.82 Å². The number of anilines is 1. The van der Waals surface area contributed by atoms with Gasteiger partial charge < -0.3 is 10.2 Å². The molecule has 0 spiro atoms. The third kappa shape index (κ3) is 3.18. The summed E-state index contributed by atoms with van der Waals surface area (Å²) in [4.78, 5) is 16.4. The maximum absolute atomic E-state index is 13.8. The van der Waals surface area contributed by atoms with Crippen LogP contribution >= 0.6 is 0 Å². The number of benzene rings is 1. The van der Waals surface area contributed by atoms with E-state index in [0.29, 0.717) is 5.69 Å². The average Bonchev–Trinajstić information content (AvgIpc) is 2.73. The van der Waals surface area contributed by atoms with E-state index in [4.69, 9.17) is 0 Å². The van der Waals surface area contributed by atoms with Crippen molar-refractivity contribution in [2.75, 3.05) is 37.6 Å². The van der Waals surface area contributed by atoms with Crippen LogP contribution in [0.15, 0.2) is 24.3 Å². The van der Waals surface area contributed by atoms with Crippen molar-refractivity contribution in [3.8, 4) is 0 Å². The second-order valence-corrected chi connectivity index (χ2v) is 5.78. The SMILES string of the molecule is O=C1NCCCC[C@@H]1N1CCN(c2ccccc2F)CC1. The lowest BCUT2D eigenvalue weighted by Gasteiger charge is -2.39. The van der Waals surface area contributed by atoms with E-state index in [0.717, 1.165) is 52.0 Å². The number of halogens is 1. The molecule has 4 nitrogen and oxygen atoms in total. The van der Waals surface area contributed by atoms with Gasteiger partial charge in [-0.3, -0.25) is 9.69 Å². The molecule has 0 aromatic heterocycles. The molecule has 5 heteroatoms. The highest BCUT2D eigenvalue weighted by Crippen LogP contribution is 2.22. The molecule has 1 amide bonds. The summed E-state index contributed by atoms with van der Waals surface area (Å²) in [5, 5.41) is 2.99. The first-order chi connectivity index (χ1) is 10.3. The monoisotopic (exact) mass is 291 g/mol. The molecule has 3 rings (SSSR count). The number of hydrogen-bond donors (Lipinski definition) is 1. The Balaban J connectivity index is 1.62. The van der Waals surface area contributed by atoms with Crippen LogP contribution in [-0.2, 0) is 4.79 Å². The first-order valence-electron chi connectivity index (χ1n) is 7.77. The maximum Gasteiger partial charge on any atom is 0.237 e. The fourth-order valence-corrected chi connectivity index (χ4v) is 3.25. The molecule has 114 valence electrons. The van der Waals surface area contributed by atoms with Crippen LogP contribution in [0.1, 0.15) is 19.3 Å². The number of piperazine rings is 1. The molecule has 1 aromatic carbocycles. The number of carbonyl (C=O) groups is 1. The molecule has 0 aliphatic carbocycles. The number of nitrogens with one attached hydrogen (secondary N) is 1. The highest BCUT2D eigenvalue weighted by Gasteiger charge is 2.30. The quantitative estimate of drug-likeness (QED) is 0.899. The maximum atomic E-state index is 13.8. The van der Waals surface area contributed by atoms with Gasteiger partial charge in [0.15, 0.2) is 0 Å². The van der Waals surface area contributed by atoms with E-state index in [9.17, 15) is 9.18 Å². The summed E-state index contributed by atoms with van der Waals surface area (Å²) in [6, 6.07) is 6.90. The minimum absolute atomic E-state index is 0.00438. The molecule has 21 heavy (non-hydrogen) atoms. The largest absolute Gasteiger partial charge is 0.367 e. The number of hydrogen-bond acceptors (Lipinski definition) is 3. The molecule has 0 saturated carbocycles. The highest BCUT2D eigenvalue weighted by atomic mass is 19.1. The molecule has 1 atom stereocenters. The Bertz CT molecular complexity index is 500. The molecule has 1 aromatic rings. The van der Waals surface area contributed by atoms with Gasteiger partial charge >= 0.3 is 0 Å². The Morgan fingerprint density at radius 2 is 1.86 bits per heavy atom. The van der Waals surface area contributed by atoms with Crippen LogP contribution in [0.2, 0.25) is 0 Å². The third-order valence-electron chi connectivity index (χ3n) is 4.45. The van der Waals surface area contributed by atoms with Crippen LogP contribution in [0.5, 0.6) is 0 Å². The van der Waals surface area contributed by atoms with Crippen molar-refractivity contribution in [2.45, 2.75) is 25.3 Å². The predicted molar refractivity (Wildman–Crippen MR) is 80.8 cm³/mol. The fourth-order valence-electron chi connectivity index (χ4n) is 3.25. The van der Waals surface area contributed by atoms with Crippen LogP contribution in [0.4, 0.5) is 10.1 Å². The number of rotatable bonds is 2. The minimum Gasteiger partial charge on any atom is -0.367 e. The Hall–Kier alpha value is -1.62. The summed E-state index contributed by atoms with van der Waals surface area (Å²) >= 11 is 0. The summed E-state index contributed by atoms with van der Waals surface area (Å²) in [5.41, 5.74) is 0.669. The molecule has 2 aliphatic rings. The Kier molecular flexibility index (Phi) is 4.39. The molecule has 0 radical (unpaired) electrons. The second kappa shape index (κ2) is 6.43. The van der Waals surface area contributed by atoms with Gasteiger partial charge in [-0.2, -0.15) is 0 Å². The van der Waals surface area contributed by atoms with E-state index < -0.39 is 0 Å². The summed E-state index contributed by atoms with van der Waals surface area (Å²) in [6.07, 6.45) is 3.10. The van der Waals surface area contributed by atoms with E-state index in [2.05, 4.69) is 15.1 Å². The molecular weight excluding hydrogens is 269 g/mol. The normalized spacial score (nSPS) is 24.5. The van der Waals surface area contributed by atoms with Gasteiger partial charge in [-0.1, -0.05) is 12.1 Å². The van der Waals surface area contributed by atoms with Gasteiger partial charge in [-0.25, -0.2) is 4.39 Å². The molecule has 2 saturated heterocycles. The lowest BCUT2D eigenvalue weighted by molar-refractivity contribution is -0.126. The molecule has 2 aliphatic heterocycles. The zero-order valence-corrected chi connectivity index (χ0v) is 12.2. The van der Waals surface area contributed by atoms with Gasteiger partial charge in [-0.15, -0.1) is 0 Å². The van der Waals surface area contributed by atoms with E-state index in [1.807, 2.05) is 12.1 Å². The number of para-hydroxylation sites is 1. The van der Waals surface area contributed by atoms with Crippen LogP contribution in [-0.4, -0.2) is 49.6 Å². The molecule has 2 fully saturated rings. The smallest absolute Gasteiger partial charge is 0.237 e. The Labute approximate surface area is 124 Å². The molecule has 2 heterocycles. The molecular formula is C16H22FN3O. The number of nitrogens with zero attached hydrogens (tertiary/aromatic N) is 2. The van der Waals surface area contributed by atoms with Crippen molar-refractivity contribution >= 4 is 11.6 Å². The molecule has 0 unspecified atom stereocenters. The zero-order chi connectivity index (χ0) is 14.7. The topological polar surface area (TPSA) is 35.6 Å². The van der Waals surface area contributed by atoms with Gasteiger partial charge in [0, 0.05) is 32.7 Å². The lowest BCUT2D eigenvalue weighted by Crippen LogP contribution is -2.54. The van der Waals surface area contributed by atoms with Crippen LogP contribution in [0.3, 0.4) is 0 Å². The van der Waals surface area contributed by atoms with E-state index in [1.54, 1.807) is 6.07 Å². The minimum atomic E-state index is -0.168.